The molecule has 0 atom stereocenters. The lowest BCUT2D eigenvalue weighted by molar-refractivity contribution is 0.226. The van der Waals surface area contributed by atoms with E-state index < -0.39 is 0 Å². The zero-order valence-corrected chi connectivity index (χ0v) is 13.7. The zero-order valence-electron chi connectivity index (χ0n) is 12.1. The summed E-state index contributed by atoms with van der Waals surface area (Å²) < 4.78 is 14.8. The first kappa shape index (κ1) is 14.8. The number of piperidine rings is 1. The Bertz CT molecular complexity index is 557. The van der Waals surface area contributed by atoms with Crippen molar-refractivity contribution in [3.63, 3.8) is 0 Å². The summed E-state index contributed by atoms with van der Waals surface area (Å²) in [6.07, 6.45) is 7.73. The Labute approximate surface area is 133 Å². The summed E-state index contributed by atoms with van der Waals surface area (Å²) in [7, 11) is 0. The van der Waals surface area contributed by atoms with Crippen LogP contribution in [-0.4, -0.2) is 18.9 Å². The number of rotatable bonds is 2. The fraction of sp³-hybridized carbons (Fsp3) is 0.562. The highest BCUT2D eigenvalue weighted by Crippen LogP contribution is 2.47. The van der Waals surface area contributed by atoms with Crippen molar-refractivity contribution < 1.29 is 4.39 Å². The summed E-state index contributed by atoms with van der Waals surface area (Å²) in [6.45, 7) is 1.84. The van der Waals surface area contributed by atoms with Gasteiger partial charge < -0.3 is 10.6 Å². The highest BCUT2D eigenvalue weighted by Gasteiger charge is 2.37. The van der Waals surface area contributed by atoms with Gasteiger partial charge in [0.2, 0.25) is 0 Å². The Hall–Kier alpha value is -1.10. The third kappa shape index (κ3) is 2.68. The largest absolute Gasteiger partial charge is 0.384 e. The molecule has 1 aromatic carbocycles. The second-order valence-electron chi connectivity index (χ2n) is 6.37. The number of nitrogens with one attached hydrogen (secondary N) is 1. The second kappa shape index (κ2) is 5.59. The van der Waals surface area contributed by atoms with E-state index >= 15 is 0 Å². The van der Waals surface area contributed by atoms with Crippen molar-refractivity contribution in [3.05, 3.63) is 28.0 Å². The van der Waals surface area contributed by atoms with E-state index in [0.29, 0.717) is 21.1 Å². The molecule has 2 aliphatic rings. The van der Waals surface area contributed by atoms with Crippen LogP contribution in [-0.2, 0) is 0 Å². The Morgan fingerprint density at radius 1 is 1.19 bits per heavy atom. The quantitative estimate of drug-likeness (QED) is 0.622. The van der Waals surface area contributed by atoms with Crippen LogP contribution in [0.3, 0.4) is 0 Å². The SMILES string of the molecule is N=C(N)c1ccc(N2CCC3(CCCC3)CC2)c(F)c1Br. The zero-order chi connectivity index (χ0) is 15.0. The monoisotopic (exact) mass is 353 g/mol. The Kier molecular flexibility index (Phi) is 3.95. The Morgan fingerprint density at radius 2 is 1.81 bits per heavy atom. The van der Waals surface area contributed by atoms with Crippen LogP contribution in [0.1, 0.15) is 44.1 Å². The van der Waals surface area contributed by atoms with E-state index in [1.807, 2.05) is 0 Å². The lowest BCUT2D eigenvalue weighted by Crippen LogP contribution is -2.39. The maximum atomic E-state index is 14.5. The van der Waals surface area contributed by atoms with Gasteiger partial charge in [0.05, 0.1) is 10.2 Å². The van der Waals surface area contributed by atoms with Crippen LogP contribution in [0.25, 0.3) is 0 Å². The summed E-state index contributed by atoms with van der Waals surface area (Å²) in [4.78, 5) is 2.13. The number of nitrogen functional groups attached to an aromatic ring is 1. The van der Waals surface area contributed by atoms with Gasteiger partial charge in [-0.05, 0) is 59.2 Å². The molecule has 5 heteroatoms. The normalized spacial score (nSPS) is 21.0. The summed E-state index contributed by atoms with van der Waals surface area (Å²) in [6, 6.07) is 3.48. The Morgan fingerprint density at radius 3 is 2.38 bits per heavy atom. The molecule has 1 saturated carbocycles. The average Bonchev–Trinajstić information content (AvgIpc) is 2.91. The molecular weight excluding hydrogens is 333 g/mol. The predicted octanol–water partition coefficient (Wildman–Crippen LogP) is 4.03. The number of hydrogen-bond donors (Lipinski definition) is 2. The summed E-state index contributed by atoms with van der Waals surface area (Å²) in [5.41, 5.74) is 7.04. The molecule has 1 aromatic rings. The molecule has 0 aromatic heterocycles. The number of amidine groups is 1. The second-order valence-corrected chi connectivity index (χ2v) is 7.16. The van der Waals surface area contributed by atoms with Crippen LogP contribution >= 0.6 is 15.9 Å². The maximum Gasteiger partial charge on any atom is 0.161 e. The van der Waals surface area contributed by atoms with E-state index in [4.69, 9.17) is 11.1 Å². The van der Waals surface area contributed by atoms with Gasteiger partial charge in [0, 0.05) is 18.7 Å². The lowest BCUT2D eigenvalue weighted by atomic mass is 9.77. The molecule has 3 nitrogen and oxygen atoms in total. The molecule has 3 rings (SSSR count). The van der Waals surface area contributed by atoms with E-state index in [9.17, 15) is 4.39 Å². The molecule has 114 valence electrons. The molecule has 0 amide bonds. The van der Waals surface area contributed by atoms with Gasteiger partial charge in [0.1, 0.15) is 5.84 Å². The molecule has 0 unspecified atom stereocenters. The first-order valence-electron chi connectivity index (χ1n) is 7.60. The van der Waals surface area contributed by atoms with Crippen molar-refractivity contribution in [2.24, 2.45) is 11.1 Å². The van der Waals surface area contributed by atoms with Crippen LogP contribution in [0.15, 0.2) is 16.6 Å². The summed E-state index contributed by atoms with van der Waals surface area (Å²) >= 11 is 3.24. The standard InChI is InChI=1S/C16H21BrFN3/c17-13-11(15(19)20)3-4-12(14(13)18)21-9-7-16(8-10-21)5-1-2-6-16/h3-4H,1-2,5-10H2,(H3,19,20). The van der Waals surface area contributed by atoms with E-state index in [2.05, 4.69) is 20.8 Å². The van der Waals surface area contributed by atoms with Crippen molar-refractivity contribution >= 4 is 27.5 Å². The van der Waals surface area contributed by atoms with Crippen LogP contribution in [0.4, 0.5) is 10.1 Å². The maximum absolute atomic E-state index is 14.5. The first-order valence-corrected chi connectivity index (χ1v) is 8.39. The summed E-state index contributed by atoms with van der Waals surface area (Å²) in [5.74, 6) is -0.416. The van der Waals surface area contributed by atoms with Crippen LogP contribution in [0.5, 0.6) is 0 Å². The third-order valence-corrected chi connectivity index (χ3v) is 5.96. The molecular formula is C16H21BrFN3. The molecule has 1 aliphatic heterocycles. The van der Waals surface area contributed by atoms with Crippen molar-refractivity contribution in [1.82, 2.24) is 0 Å². The lowest BCUT2D eigenvalue weighted by Gasteiger charge is -2.40. The highest BCUT2D eigenvalue weighted by atomic mass is 79.9. The average molecular weight is 354 g/mol. The van der Waals surface area contributed by atoms with Gasteiger partial charge in [-0.3, -0.25) is 5.41 Å². The predicted molar refractivity (Wildman–Crippen MR) is 87.5 cm³/mol. The number of halogens is 2. The highest BCUT2D eigenvalue weighted by molar-refractivity contribution is 9.10. The van der Waals surface area contributed by atoms with Gasteiger partial charge in [-0.1, -0.05) is 12.8 Å². The smallest absolute Gasteiger partial charge is 0.161 e. The molecule has 0 radical (unpaired) electrons. The fourth-order valence-corrected chi connectivity index (χ4v) is 4.39. The number of anilines is 1. The Balaban J connectivity index is 1.79. The number of benzene rings is 1. The molecule has 21 heavy (non-hydrogen) atoms. The summed E-state index contributed by atoms with van der Waals surface area (Å²) in [5, 5.41) is 7.46. The van der Waals surface area contributed by atoms with Gasteiger partial charge in [-0.15, -0.1) is 0 Å². The van der Waals surface area contributed by atoms with Crippen molar-refractivity contribution in [2.45, 2.75) is 38.5 Å². The minimum absolute atomic E-state index is 0.115. The van der Waals surface area contributed by atoms with E-state index in [1.165, 1.54) is 38.5 Å². The van der Waals surface area contributed by atoms with Crippen molar-refractivity contribution in [1.29, 1.82) is 5.41 Å². The van der Waals surface area contributed by atoms with Crippen LogP contribution in [0, 0.1) is 16.6 Å². The van der Waals surface area contributed by atoms with E-state index in [-0.39, 0.29) is 11.7 Å². The molecule has 2 fully saturated rings. The minimum atomic E-state index is -0.301. The van der Waals surface area contributed by atoms with Gasteiger partial charge >= 0.3 is 0 Å². The molecule has 0 bridgehead atoms. The fourth-order valence-electron chi connectivity index (χ4n) is 3.84. The van der Waals surface area contributed by atoms with E-state index in [1.54, 1.807) is 12.1 Å². The van der Waals surface area contributed by atoms with Gasteiger partial charge in [-0.2, -0.15) is 0 Å². The van der Waals surface area contributed by atoms with Crippen LogP contribution in [0.2, 0.25) is 0 Å². The first-order chi connectivity index (χ1) is 10.0. The van der Waals surface area contributed by atoms with Gasteiger partial charge in [0.15, 0.2) is 5.82 Å². The molecule has 1 aliphatic carbocycles. The van der Waals surface area contributed by atoms with Crippen molar-refractivity contribution in [3.8, 4) is 0 Å². The molecule has 1 saturated heterocycles. The van der Waals surface area contributed by atoms with Crippen molar-refractivity contribution in [2.75, 3.05) is 18.0 Å². The van der Waals surface area contributed by atoms with Crippen LogP contribution < -0.4 is 10.6 Å². The third-order valence-electron chi connectivity index (χ3n) is 5.18. The van der Waals surface area contributed by atoms with E-state index in [0.717, 1.165) is 13.1 Å². The number of nitrogens with zero attached hydrogens (tertiary/aromatic N) is 1. The minimum Gasteiger partial charge on any atom is -0.384 e. The molecule has 1 spiro atoms. The topological polar surface area (TPSA) is 53.1 Å². The molecule has 1 heterocycles. The van der Waals surface area contributed by atoms with Gasteiger partial charge in [0.25, 0.3) is 0 Å². The van der Waals surface area contributed by atoms with Gasteiger partial charge in [-0.25, -0.2) is 4.39 Å². The number of hydrogen-bond acceptors (Lipinski definition) is 2. The number of nitrogens with two attached hydrogens (primary N) is 1. The molecule has 3 N–H and O–H groups in total.